The van der Waals surface area contributed by atoms with E-state index in [1.165, 1.54) is 23.3 Å². The highest BCUT2D eigenvalue weighted by Gasteiger charge is 2.13. The van der Waals surface area contributed by atoms with Gasteiger partial charge in [-0.3, -0.25) is 0 Å². The van der Waals surface area contributed by atoms with Crippen LogP contribution in [-0.4, -0.2) is 31.2 Å². The summed E-state index contributed by atoms with van der Waals surface area (Å²) >= 11 is 0. The minimum absolute atomic E-state index is 0.0581. The van der Waals surface area contributed by atoms with Crippen molar-refractivity contribution in [2.24, 2.45) is 0 Å². The first kappa shape index (κ1) is 10.3. The molecule has 6 nitrogen and oxygen atoms in total. The second kappa shape index (κ2) is 4.11. The number of carbonyl (C=O) groups is 1. The average Bonchev–Trinajstić information content (AvgIpc) is 2.81. The van der Waals surface area contributed by atoms with Crippen LogP contribution in [0.1, 0.15) is 15.9 Å². The van der Waals surface area contributed by atoms with Gasteiger partial charge in [-0.2, -0.15) is 15.0 Å². The summed E-state index contributed by atoms with van der Waals surface area (Å²) in [6.45, 7) is -0.201. The van der Waals surface area contributed by atoms with E-state index in [1.807, 2.05) is 0 Å². The van der Waals surface area contributed by atoms with Crippen molar-refractivity contribution in [3.8, 4) is 5.69 Å². The molecule has 2 aromatic rings. The van der Waals surface area contributed by atoms with Gasteiger partial charge in [-0.25, -0.2) is 4.79 Å². The Balaban J connectivity index is 2.57. The molecule has 0 unspecified atom stereocenters. The van der Waals surface area contributed by atoms with Crippen LogP contribution in [0.5, 0.6) is 0 Å². The van der Waals surface area contributed by atoms with Crippen LogP contribution in [0, 0.1) is 0 Å². The van der Waals surface area contributed by atoms with Crippen LogP contribution in [0.2, 0.25) is 0 Å². The van der Waals surface area contributed by atoms with Gasteiger partial charge in [0.15, 0.2) is 0 Å². The lowest BCUT2D eigenvalue weighted by Gasteiger charge is -2.06. The van der Waals surface area contributed by atoms with E-state index in [9.17, 15) is 4.79 Å². The third-order valence-corrected chi connectivity index (χ3v) is 2.11. The van der Waals surface area contributed by atoms with Crippen LogP contribution >= 0.6 is 0 Å². The van der Waals surface area contributed by atoms with E-state index in [-0.39, 0.29) is 12.2 Å². The minimum Gasteiger partial charge on any atom is -0.478 e. The molecule has 0 amide bonds. The molecule has 0 atom stereocenters. The first-order valence-electron chi connectivity index (χ1n) is 4.56. The van der Waals surface area contributed by atoms with Crippen molar-refractivity contribution >= 4 is 5.97 Å². The zero-order valence-electron chi connectivity index (χ0n) is 8.24. The number of carboxylic acid groups (broad SMARTS) is 1. The normalized spacial score (nSPS) is 10.3. The quantitative estimate of drug-likeness (QED) is 0.782. The van der Waals surface area contributed by atoms with E-state index >= 15 is 0 Å². The largest absolute Gasteiger partial charge is 0.478 e. The van der Waals surface area contributed by atoms with E-state index in [2.05, 4.69) is 10.2 Å². The van der Waals surface area contributed by atoms with Crippen LogP contribution in [0.15, 0.2) is 30.6 Å². The maximum atomic E-state index is 11.0. The maximum Gasteiger partial charge on any atom is 0.337 e. The molecule has 1 heterocycles. The van der Waals surface area contributed by atoms with Gasteiger partial charge in [-0.05, 0) is 17.7 Å². The van der Waals surface area contributed by atoms with E-state index in [1.54, 1.807) is 12.1 Å². The first-order valence-corrected chi connectivity index (χ1v) is 4.56. The molecule has 0 radical (unpaired) electrons. The van der Waals surface area contributed by atoms with Gasteiger partial charge < -0.3 is 10.2 Å². The number of aromatic nitrogens is 3. The summed E-state index contributed by atoms with van der Waals surface area (Å²) < 4.78 is 0. The summed E-state index contributed by atoms with van der Waals surface area (Å²) in [5.41, 5.74) is 0.964. The van der Waals surface area contributed by atoms with Crippen LogP contribution < -0.4 is 0 Å². The SMILES string of the molecule is O=C(O)c1cc(CO)ccc1-n1nccn1. The molecule has 0 fully saturated rings. The van der Waals surface area contributed by atoms with E-state index in [0.717, 1.165) is 0 Å². The Labute approximate surface area is 90.8 Å². The van der Waals surface area contributed by atoms with Gasteiger partial charge in [0.05, 0.1) is 24.6 Å². The third kappa shape index (κ3) is 1.78. The molecule has 16 heavy (non-hydrogen) atoms. The van der Waals surface area contributed by atoms with Crippen molar-refractivity contribution in [3.63, 3.8) is 0 Å². The van der Waals surface area contributed by atoms with Gasteiger partial charge in [0.2, 0.25) is 0 Å². The third-order valence-electron chi connectivity index (χ3n) is 2.11. The fraction of sp³-hybridized carbons (Fsp3) is 0.100. The number of hydrogen-bond acceptors (Lipinski definition) is 4. The molecule has 82 valence electrons. The Kier molecular flexibility index (Phi) is 2.65. The fourth-order valence-electron chi connectivity index (χ4n) is 1.37. The Morgan fingerprint density at radius 2 is 2.00 bits per heavy atom. The Morgan fingerprint density at radius 1 is 1.31 bits per heavy atom. The predicted molar refractivity (Wildman–Crippen MR) is 54.2 cm³/mol. The van der Waals surface area contributed by atoms with Crippen molar-refractivity contribution in [1.82, 2.24) is 15.0 Å². The average molecular weight is 219 g/mol. The van der Waals surface area contributed by atoms with Crippen LogP contribution in [0.3, 0.4) is 0 Å². The lowest BCUT2D eigenvalue weighted by atomic mass is 10.1. The number of nitrogens with zero attached hydrogens (tertiary/aromatic N) is 3. The second-order valence-corrected chi connectivity index (χ2v) is 3.13. The lowest BCUT2D eigenvalue weighted by molar-refractivity contribution is 0.0696. The Bertz CT molecular complexity index is 508. The monoisotopic (exact) mass is 219 g/mol. The van der Waals surface area contributed by atoms with Gasteiger partial charge in [-0.1, -0.05) is 6.07 Å². The van der Waals surface area contributed by atoms with Gasteiger partial charge in [0.1, 0.15) is 5.69 Å². The number of aromatic carboxylic acids is 1. The molecule has 0 saturated heterocycles. The molecule has 0 aliphatic heterocycles. The van der Waals surface area contributed by atoms with Crippen molar-refractivity contribution in [1.29, 1.82) is 0 Å². The van der Waals surface area contributed by atoms with E-state index in [0.29, 0.717) is 11.3 Å². The number of carboxylic acids is 1. The molecule has 1 aromatic heterocycles. The van der Waals surface area contributed by atoms with Crippen molar-refractivity contribution in [2.75, 3.05) is 0 Å². The lowest BCUT2D eigenvalue weighted by Crippen LogP contribution is -2.08. The Morgan fingerprint density at radius 3 is 2.56 bits per heavy atom. The highest BCUT2D eigenvalue weighted by atomic mass is 16.4. The van der Waals surface area contributed by atoms with Crippen LogP contribution in [-0.2, 0) is 6.61 Å². The summed E-state index contributed by atoms with van der Waals surface area (Å²) in [4.78, 5) is 12.3. The van der Waals surface area contributed by atoms with Gasteiger partial charge in [0.25, 0.3) is 0 Å². The molecule has 2 rings (SSSR count). The molecule has 0 aliphatic carbocycles. The maximum absolute atomic E-state index is 11.0. The molecular weight excluding hydrogens is 210 g/mol. The first-order chi connectivity index (χ1) is 7.72. The molecule has 0 spiro atoms. The van der Waals surface area contributed by atoms with Crippen molar-refractivity contribution in [2.45, 2.75) is 6.61 Å². The summed E-state index contributed by atoms with van der Waals surface area (Å²) in [5.74, 6) is -1.08. The number of rotatable bonds is 3. The summed E-state index contributed by atoms with van der Waals surface area (Å²) in [6.07, 6.45) is 2.93. The second-order valence-electron chi connectivity index (χ2n) is 3.13. The molecular formula is C10H9N3O3. The molecule has 0 aliphatic rings. The summed E-state index contributed by atoms with van der Waals surface area (Å²) in [5, 5.41) is 25.7. The van der Waals surface area contributed by atoms with E-state index in [4.69, 9.17) is 10.2 Å². The number of aliphatic hydroxyl groups excluding tert-OH is 1. The molecule has 0 saturated carbocycles. The highest BCUT2D eigenvalue weighted by molar-refractivity contribution is 5.92. The summed E-state index contributed by atoms with van der Waals surface area (Å²) in [6, 6.07) is 4.60. The highest BCUT2D eigenvalue weighted by Crippen LogP contribution is 2.15. The van der Waals surface area contributed by atoms with Crippen molar-refractivity contribution < 1.29 is 15.0 Å². The smallest absolute Gasteiger partial charge is 0.337 e. The van der Waals surface area contributed by atoms with Crippen molar-refractivity contribution in [3.05, 3.63) is 41.7 Å². The minimum atomic E-state index is -1.08. The predicted octanol–water partition coefficient (Wildman–Crippen LogP) is 0.458. The van der Waals surface area contributed by atoms with Gasteiger partial charge >= 0.3 is 5.97 Å². The number of aliphatic hydroxyl groups is 1. The topological polar surface area (TPSA) is 88.2 Å². The van der Waals surface area contributed by atoms with Gasteiger partial charge in [-0.15, -0.1) is 0 Å². The van der Waals surface area contributed by atoms with Crippen LogP contribution in [0.4, 0.5) is 0 Å². The summed E-state index contributed by atoms with van der Waals surface area (Å²) in [7, 11) is 0. The molecule has 0 bridgehead atoms. The van der Waals surface area contributed by atoms with Gasteiger partial charge in [0, 0.05) is 0 Å². The fourth-order valence-corrected chi connectivity index (χ4v) is 1.37. The van der Waals surface area contributed by atoms with E-state index < -0.39 is 5.97 Å². The Hall–Kier alpha value is -2.21. The van der Waals surface area contributed by atoms with Crippen LogP contribution in [0.25, 0.3) is 5.69 Å². The standard InChI is InChI=1S/C10H9N3O3/c14-6-7-1-2-9(8(5-7)10(15)16)13-11-3-4-12-13/h1-5,14H,6H2,(H,15,16). The molecule has 2 N–H and O–H groups in total. The number of benzene rings is 1. The zero-order chi connectivity index (χ0) is 11.5. The zero-order valence-corrected chi connectivity index (χ0v) is 8.24. The molecule has 1 aromatic carbocycles. The number of hydrogen-bond donors (Lipinski definition) is 2. The molecule has 6 heteroatoms.